The number of aromatic nitrogens is 2. The minimum Gasteiger partial charge on any atom is -0.376 e. The molecule has 1 aliphatic rings. The van der Waals surface area contributed by atoms with Crippen molar-refractivity contribution in [1.82, 2.24) is 9.97 Å². The fourth-order valence-electron chi connectivity index (χ4n) is 1.81. The van der Waals surface area contributed by atoms with Gasteiger partial charge in [-0.05, 0) is 6.42 Å². The molecule has 0 saturated carbocycles. The first-order chi connectivity index (χ1) is 8.33. The van der Waals surface area contributed by atoms with Crippen molar-refractivity contribution in [1.29, 1.82) is 0 Å². The number of hydrogen-bond donors (Lipinski definition) is 1. The summed E-state index contributed by atoms with van der Waals surface area (Å²) in [4.78, 5) is 8.97. The Morgan fingerprint density at radius 2 is 2.29 bits per heavy atom. The molecule has 1 N–H and O–H groups in total. The van der Waals surface area contributed by atoms with Gasteiger partial charge in [0.1, 0.15) is 11.9 Å². The topological polar surface area (TPSA) is 56.3 Å². The van der Waals surface area contributed by atoms with Gasteiger partial charge in [0.05, 0.1) is 19.8 Å². The van der Waals surface area contributed by atoms with E-state index in [1.807, 2.05) is 13.1 Å². The molecule has 1 aliphatic heterocycles. The van der Waals surface area contributed by atoms with Crippen molar-refractivity contribution >= 4 is 5.82 Å². The van der Waals surface area contributed by atoms with Crippen molar-refractivity contribution in [3.05, 3.63) is 17.6 Å². The lowest BCUT2D eigenvalue weighted by Gasteiger charge is -2.22. The maximum Gasteiger partial charge on any atom is 0.162 e. The lowest BCUT2D eigenvalue weighted by molar-refractivity contribution is -0.0935. The smallest absolute Gasteiger partial charge is 0.162 e. The van der Waals surface area contributed by atoms with E-state index in [1.54, 1.807) is 0 Å². The van der Waals surface area contributed by atoms with Gasteiger partial charge in [0.15, 0.2) is 5.82 Å². The van der Waals surface area contributed by atoms with Crippen LogP contribution in [0.15, 0.2) is 6.07 Å². The lowest BCUT2D eigenvalue weighted by Crippen LogP contribution is -2.24. The van der Waals surface area contributed by atoms with Gasteiger partial charge in [0.25, 0.3) is 0 Å². The summed E-state index contributed by atoms with van der Waals surface area (Å²) < 4.78 is 11.0. The van der Waals surface area contributed by atoms with Crippen LogP contribution in [0.25, 0.3) is 0 Å². The average molecular weight is 237 g/mol. The molecule has 5 nitrogen and oxygen atoms in total. The summed E-state index contributed by atoms with van der Waals surface area (Å²) in [6, 6.07) is 1.98. The number of anilines is 1. The highest BCUT2D eigenvalue weighted by atomic mass is 16.6. The number of nitrogens with zero attached hydrogens (tertiary/aromatic N) is 2. The van der Waals surface area contributed by atoms with Gasteiger partial charge in [-0.15, -0.1) is 0 Å². The summed E-state index contributed by atoms with van der Waals surface area (Å²) >= 11 is 0. The predicted octanol–water partition coefficient (Wildman–Crippen LogP) is 1.56. The van der Waals surface area contributed by atoms with Crippen LogP contribution in [0.2, 0.25) is 0 Å². The second-order valence-electron chi connectivity index (χ2n) is 4.04. The summed E-state index contributed by atoms with van der Waals surface area (Å²) in [6.45, 7) is 3.95. The molecule has 0 amide bonds. The number of aryl methyl sites for hydroxylation is 1. The Labute approximate surface area is 102 Å². The predicted molar refractivity (Wildman–Crippen MR) is 65.1 cm³/mol. The van der Waals surface area contributed by atoms with Crippen LogP contribution in [0.3, 0.4) is 0 Å². The molecular formula is C12H19N3O2. The molecule has 2 rings (SSSR count). The second kappa shape index (κ2) is 5.93. The second-order valence-corrected chi connectivity index (χ2v) is 4.04. The summed E-state index contributed by atoms with van der Waals surface area (Å²) in [5, 5.41) is 3.06. The van der Waals surface area contributed by atoms with E-state index in [9.17, 15) is 0 Å². The maximum absolute atomic E-state index is 5.62. The van der Waals surface area contributed by atoms with Crippen LogP contribution in [0, 0.1) is 0 Å². The first kappa shape index (κ1) is 12.3. The van der Waals surface area contributed by atoms with Crippen molar-refractivity contribution in [2.24, 2.45) is 0 Å². The van der Waals surface area contributed by atoms with Crippen molar-refractivity contribution in [2.75, 3.05) is 32.2 Å². The number of rotatable bonds is 4. The molecule has 1 aromatic heterocycles. The standard InChI is InChI=1S/C12H19N3O2/c1-3-4-9-7-11(13-2)15-12(14-9)10-8-16-5-6-17-10/h7,10H,3-6,8H2,1-2H3,(H,13,14,15). The van der Waals surface area contributed by atoms with Gasteiger partial charge >= 0.3 is 0 Å². The summed E-state index contributed by atoms with van der Waals surface area (Å²) in [6.07, 6.45) is 1.90. The van der Waals surface area contributed by atoms with E-state index in [1.165, 1.54) is 0 Å². The Hall–Kier alpha value is -1.20. The molecule has 0 radical (unpaired) electrons. The van der Waals surface area contributed by atoms with E-state index in [4.69, 9.17) is 9.47 Å². The van der Waals surface area contributed by atoms with Gasteiger partial charge in [-0.2, -0.15) is 0 Å². The Bertz CT molecular complexity index is 365. The molecule has 2 heterocycles. The minimum atomic E-state index is -0.132. The fourth-order valence-corrected chi connectivity index (χ4v) is 1.81. The summed E-state index contributed by atoms with van der Waals surface area (Å²) in [5.41, 5.74) is 1.05. The largest absolute Gasteiger partial charge is 0.376 e. The molecule has 0 bridgehead atoms. The molecule has 0 aliphatic carbocycles. The maximum atomic E-state index is 5.62. The van der Waals surface area contributed by atoms with Crippen LogP contribution in [0.4, 0.5) is 5.82 Å². The van der Waals surface area contributed by atoms with Crippen LogP contribution in [0.5, 0.6) is 0 Å². The third kappa shape index (κ3) is 3.14. The fraction of sp³-hybridized carbons (Fsp3) is 0.667. The Balaban J connectivity index is 2.21. The van der Waals surface area contributed by atoms with E-state index in [-0.39, 0.29) is 6.10 Å². The highest BCUT2D eigenvalue weighted by molar-refractivity contribution is 5.35. The molecular weight excluding hydrogens is 218 g/mol. The SMILES string of the molecule is CCCc1cc(NC)nc(C2COCCO2)n1. The molecule has 1 atom stereocenters. The molecule has 1 fully saturated rings. The quantitative estimate of drug-likeness (QED) is 0.861. The van der Waals surface area contributed by atoms with Crippen molar-refractivity contribution in [3.63, 3.8) is 0 Å². The zero-order valence-corrected chi connectivity index (χ0v) is 10.4. The van der Waals surface area contributed by atoms with E-state index >= 15 is 0 Å². The molecule has 1 aromatic rings. The van der Waals surface area contributed by atoms with Crippen molar-refractivity contribution in [2.45, 2.75) is 25.9 Å². The van der Waals surface area contributed by atoms with Gasteiger partial charge in [-0.3, -0.25) is 0 Å². The van der Waals surface area contributed by atoms with E-state index in [0.29, 0.717) is 19.8 Å². The van der Waals surface area contributed by atoms with Gasteiger partial charge in [0.2, 0.25) is 0 Å². The Morgan fingerprint density at radius 3 is 2.94 bits per heavy atom. The number of ether oxygens (including phenoxy) is 2. The molecule has 1 unspecified atom stereocenters. The van der Waals surface area contributed by atoms with Gasteiger partial charge in [0, 0.05) is 18.8 Å². The third-order valence-electron chi connectivity index (χ3n) is 2.66. The Kier molecular flexibility index (Phi) is 4.28. The zero-order chi connectivity index (χ0) is 12.1. The van der Waals surface area contributed by atoms with Crippen LogP contribution < -0.4 is 5.32 Å². The molecule has 1 saturated heterocycles. The highest BCUT2D eigenvalue weighted by Gasteiger charge is 2.20. The van der Waals surface area contributed by atoms with Gasteiger partial charge in [-0.1, -0.05) is 13.3 Å². The first-order valence-electron chi connectivity index (χ1n) is 6.08. The van der Waals surface area contributed by atoms with E-state index < -0.39 is 0 Å². The first-order valence-corrected chi connectivity index (χ1v) is 6.08. The normalized spacial score (nSPS) is 20.2. The van der Waals surface area contributed by atoms with E-state index in [0.717, 1.165) is 30.2 Å². The molecule has 0 aromatic carbocycles. The molecule has 17 heavy (non-hydrogen) atoms. The monoisotopic (exact) mass is 237 g/mol. The van der Waals surface area contributed by atoms with Crippen molar-refractivity contribution in [3.8, 4) is 0 Å². The molecule has 0 spiro atoms. The van der Waals surface area contributed by atoms with Crippen LogP contribution in [0.1, 0.15) is 31.0 Å². The van der Waals surface area contributed by atoms with Crippen LogP contribution in [-0.2, 0) is 15.9 Å². The van der Waals surface area contributed by atoms with E-state index in [2.05, 4.69) is 22.2 Å². The van der Waals surface area contributed by atoms with Crippen molar-refractivity contribution < 1.29 is 9.47 Å². The summed E-state index contributed by atoms with van der Waals surface area (Å²) in [7, 11) is 1.86. The zero-order valence-electron chi connectivity index (χ0n) is 10.4. The summed E-state index contributed by atoms with van der Waals surface area (Å²) in [5.74, 6) is 1.56. The molecule has 5 heteroatoms. The van der Waals surface area contributed by atoms with Gasteiger partial charge < -0.3 is 14.8 Å². The molecule has 94 valence electrons. The van der Waals surface area contributed by atoms with Crippen LogP contribution >= 0.6 is 0 Å². The lowest BCUT2D eigenvalue weighted by atomic mass is 10.2. The van der Waals surface area contributed by atoms with Crippen LogP contribution in [-0.4, -0.2) is 36.8 Å². The Morgan fingerprint density at radius 1 is 1.41 bits per heavy atom. The average Bonchev–Trinajstić information content (AvgIpc) is 2.40. The number of hydrogen-bond acceptors (Lipinski definition) is 5. The number of nitrogens with one attached hydrogen (secondary N) is 1. The highest BCUT2D eigenvalue weighted by Crippen LogP contribution is 2.19. The van der Waals surface area contributed by atoms with Gasteiger partial charge in [-0.25, -0.2) is 9.97 Å². The third-order valence-corrected chi connectivity index (χ3v) is 2.66. The minimum absolute atomic E-state index is 0.132.